The summed E-state index contributed by atoms with van der Waals surface area (Å²) in [6.07, 6.45) is 1.65. The number of hydrogen-bond acceptors (Lipinski definition) is 8. The highest BCUT2D eigenvalue weighted by atomic mass is 16.5. The molecule has 2 heterocycles. The second-order valence-corrected chi connectivity index (χ2v) is 8.48. The van der Waals surface area contributed by atoms with Gasteiger partial charge in [-0.15, -0.1) is 0 Å². The van der Waals surface area contributed by atoms with Crippen LogP contribution in [0.15, 0.2) is 66.9 Å². The number of amides is 1. The van der Waals surface area contributed by atoms with Gasteiger partial charge in [0.05, 0.1) is 45.0 Å². The van der Waals surface area contributed by atoms with Crippen molar-refractivity contribution in [2.75, 3.05) is 33.8 Å². The van der Waals surface area contributed by atoms with E-state index in [4.69, 9.17) is 18.9 Å². The van der Waals surface area contributed by atoms with Crippen LogP contribution in [0.3, 0.4) is 0 Å². The summed E-state index contributed by atoms with van der Waals surface area (Å²) >= 11 is 0. The molecule has 10 nitrogen and oxygen atoms in total. The van der Waals surface area contributed by atoms with Crippen molar-refractivity contribution < 1.29 is 28.8 Å². The molecule has 5 rings (SSSR count). The highest BCUT2D eigenvalue weighted by Crippen LogP contribution is 2.40. The van der Waals surface area contributed by atoms with Gasteiger partial charge >= 0.3 is 0 Å². The number of imidazole rings is 1. The molecule has 0 saturated heterocycles. The maximum atomic E-state index is 13.1. The number of anilines is 1. The van der Waals surface area contributed by atoms with Gasteiger partial charge in [0, 0.05) is 35.1 Å². The van der Waals surface area contributed by atoms with E-state index in [-0.39, 0.29) is 11.7 Å². The molecule has 0 radical (unpaired) electrons. The van der Waals surface area contributed by atoms with Gasteiger partial charge < -0.3 is 34.4 Å². The zero-order chi connectivity index (χ0) is 27.5. The van der Waals surface area contributed by atoms with E-state index in [1.54, 1.807) is 55.8 Å². The second-order valence-electron chi connectivity index (χ2n) is 8.48. The summed E-state index contributed by atoms with van der Waals surface area (Å²) in [5.41, 5.74) is 4.24. The minimum Gasteiger partial charge on any atom is -0.507 e. The summed E-state index contributed by atoms with van der Waals surface area (Å²) in [6, 6.07) is 17.3. The number of carbonyl (C=O) groups is 1. The van der Waals surface area contributed by atoms with Crippen LogP contribution in [0.25, 0.3) is 33.5 Å². The van der Waals surface area contributed by atoms with Gasteiger partial charge in [0.2, 0.25) is 11.6 Å². The molecule has 2 aromatic heterocycles. The molecule has 0 aliphatic heterocycles. The lowest BCUT2D eigenvalue weighted by Crippen LogP contribution is -2.12. The van der Waals surface area contributed by atoms with Crippen molar-refractivity contribution in [1.82, 2.24) is 15.0 Å². The largest absolute Gasteiger partial charge is 0.507 e. The molecule has 0 spiro atoms. The molecule has 0 saturated carbocycles. The van der Waals surface area contributed by atoms with Gasteiger partial charge in [0.1, 0.15) is 11.6 Å². The molecule has 0 aliphatic carbocycles. The third-order valence-corrected chi connectivity index (χ3v) is 6.19. The standard InChI is InChI=1S/C29H26N4O6/c1-36-24-14-18(15-25(37-2)26(24)38-3)31-28(35)17-7-9-21-22(13-17)33-27(32-21)20-12-16(8-10-23(20)34)19-6-5-11-30-29(19)39-4/h5-15,34H,1-4H3,(H,31,35)(H,32,33). The fourth-order valence-corrected chi connectivity index (χ4v) is 4.30. The number of rotatable bonds is 8. The molecule has 0 unspecified atom stereocenters. The number of nitrogens with one attached hydrogen (secondary N) is 2. The van der Waals surface area contributed by atoms with Crippen LogP contribution in [0.1, 0.15) is 10.4 Å². The van der Waals surface area contributed by atoms with E-state index in [1.165, 1.54) is 21.3 Å². The zero-order valence-corrected chi connectivity index (χ0v) is 21.7. The number of aromatic hydroxyl groups is 1. The van der Waals surface area contributed by atoms with Crippen LogP contribution in [0.5, 0.6) is 28.9 Å². The number of aromatic nitrogens is 3. The quantitative estimate of drug-likeness (QED) is 0.249. The zero-order valence-electron chi connectivity index (χ0n) is 21.7. The molecule has 5 aromatic rings. The van der Waals surface area contributed by atoms with E-state index in [1.807, 2.05) is 18.2 Å². The Bertz CT molecular complexity index is 1660. The number of phenols is 1. The molecule has 1 amide bonds. The maximum Gasteiger partial charge on any atom is 0.255 e. The highest BCUT2D eigenvalue weighted by Gasteiger charge is 2.17. The van der Waals surface area contributed by atoms with Crippen LogP contribution in [-0.4, -0.2) is 54.4 Å². The van der Waals surface area contributed by atoms with Gasteiger partial charge in [-0.2, -0.15) is 0 Å². The molecule has 0 atom stereocenters. The van der Waals surface area contributed by atoms with E-state index in [0.29, 0.717) is 56.8 Å². The summed E-state index contributed by atoms with van der Waals surface area (Å²) < 4.78 is 21.5. The molecule has 198 valence electrons. The number of phenolic OH excluding ortho intramolecular Hbond substituents is 1. The number of pyridine rings is 1. The minimum absolute atomic E-state index is 0.0565. The summed E-state index contributed by atoms with van der Waals surface area (Å²) in [7, 11) is 6.08. The molecule has 10 heteroatoms. The maximum absolute atomic E-state index is 13.1. The van der Waals surface area contributed by atoms with Crippen molar-refractivity contribution in [3.05, 3.63) is 72.4 Å². The number of methoxy groups -OCH3 is 4. The molecular formula is C29H26N4O6. The van der Waals surface area contributed by atoms with Crippen LogP contribution in [0.2, 0.25) is 0 Å². The van der Waals surface area contributed by atoms with Gasteiger partial charge in [-0.1, -0.05) is 6.07 Å². The van der Waals surface area contributed by atoms with Crippen LogP contribution in [-0.2, 0) is 0 Å². The van der Waals surface area contributed by atoms with Gasteiger partial charge in [-0.3, -0.25) is 4.79 Å². The number of hydrogen-bond donors (Lipinski definition) is 3. The number of nitrogens with zero attached hydrogens (tertiary/aromatic N) is 2. The topological polar surface area (TPSA) is 128 Å². The SMILES string of the molecule is COc1cc(NC(=O)c2ccc3nc(-c4cc(-c5cccnc5OC)ccc4O)[nH]c3c2)cc(OC)c1OC. The number of fused-ring (bicyclic) bond motifs is 1. The third-order valence-electron chi connectivity index (χ3n) is 6.19. The summed E-state index contributed by atoms with van der Waals surface area (Å²) in [4.78, 5) is 25.2. The van der Waals surface area contributed by atoms with Crippen molar-refractivity contribution in [3.8, 4) is 51.4 Å². The number of ether oxygens (including phenoxy) is 4. The van der Waals surface area contributed by atoms with E-state index in [9.17, 15) is 9.90 Å². The average molecular weight is 527 g/mol. The molecule has 3 N–H and O–H groups in total. The van der Waals surface area contributed by atoms with Crippen LogP contribution >= 0.6 is 0 Å². The van der Waals surface area contributed by atoms with Crippen LogP contribution < -0.4 is 24.3 Å². The first kappa shape index (κ1) is 25.4. The van der Waals surface area contributed by atoms with Gasteiger partial charge in [-0.25, -0.2) is 9.97 Å². The minimum atomic E-state index is -0.337. The molecule has 0 bridgehead atoms. The summed E-state index contributed by atoms with van der Waals surface area (Å²) in [5, 5.41) is 13.5. The first-order valence-corrected chi connectivity index (χ1v) is 11.9. The number of carbonyl (C=O) groups excluding carboxylic acids is 1. The Kier molecular flexibility index (Phi) is 6.92. The molecular weight excluding hydrogens is 500 g/mol. The van der Waals surface area contributed by atoms with Crippen molar-refractivity contribution in [3.63, 3.8) is 0 Å². The Morgan fingerprint density at radius 1 is 0.872 bits per heavy atom. The number of aromatic amines is 1. The molecule has 3 aromatic carbocycles. The summed E-state index contributed by atoms with van der Waals surface area (Å²) in [5.74, 6) is 1.92. The fourth-order valence-electron chi connectivity index (χ4n) is 4.30. The lowest BCUT2D eigenvalue weighted by molar-refractivity contribution is 0.102. The normalized spacial score (nSPS) is 10.8. The van der Waals surface area contributed by atoms with Gasteiger partial charge in [-0.05, 0) is 48.0 Å². The Morgan fingerprint density at radius 2 is 1.64 bits per heavy atom. The first-order chi connectivity index (χ1) is 18.9. The van der Waals surface area contributed by atoms with Crippen molar-refractivity contribution in [2.45, 2.75) is 0 Å². The van der Waals surface area contributed by atoms with Gasteiger partial charge in [0.15, 0.2) is 11.5 Å². The smallest absolute Gasteiger partial charge is 0.255 e. The number of benzene rings is 3. The monoisotopic (exact) mass is 526 g/mol. The first-order valence-electron chi connectivity index (χ1n) is 11.9. The molecule has 0 aliphatic rings. The van der Waals surface area contributed by atoms with Crippen LogP contribution in [0.4, 0.5) is 5.69 Å². The molecule has 39 heavy (non-hydrogen) atoms. The lowest BCUT2D eigenvalue weighted by atomic mass is 10.0. The molecule has 0 fully saturated rings. The van der Waals surface area contributed by atoms with E-state index in [0.717, 1.165) is 11.1 Å². The number of H-pyrrole nitrogens is 1. The Balaban J connectivity index is 1.46. The fraction of sp³-hybridized carbons (Fsp3) is 0.138. The van der Waals surface area contributed by atoms with E-state index >= 15 is 0 Å². The van der Waals surface area contributed by atoms with E-state index in [2.05, 4.69) is 20.3 Å². The lowest BCUT2D eigenvalue weighted by Gasteiger charge is -2.14. The van der Waals surface area contributed by atoms with Gasteiger partial charge in [0.25, 0.3) is 5.91 Å². The van der Waals surface area contributed by atoms with Crippen molar-refractivity contribution >= 4 is 22.6 Å². The Morgan fingerprint density at radius 3 is 2.33 bits per heavy atom. The second kappa shape index (κ2) is 10.6. The van der Waals surface area contributed by atoms with E-state index < -0.39 is 0 Å². The predicted octanol–water partition coefficient (Wildman–Crippen LogP) is 5.28. The Hall–Kier alpha value is -5.25. The van der Waals surface area contributed by atoms with Crippen molar-refractivity contribution in [1.29, 1.82) is 0 Å². The Labute approximate surface area is 224 Å². The summed E-state index contributed by atoms with van der Waals surface area (Å²) in [6.45, 7) is 0. The van der Waals surface area contributed by atoms with Crippen LogP contribution in [0, 0.1) is 0 Å². The van der Waals surface area contributed by atoms with Crippen molar-refractivity contribution in [2.24, 2.45) is 0 Å². The predicted molar refractivity (Wildman–Crippen MR) is 147 cm³/mol. The highest BCUT2D eigenvalue weighted by molar-refractivity contribution is 6.06. The average Bonchev–Trinajstić information content (AvgIpc) is 3.40. The third kappa shape index (κ3) is 4.87.